The zero-order valence-corrected chi connectivity index (χ0v) is 14.5. The molecule has 1 aliphatic rings. The van der Waals surface area contributed by atoms with Crippen LogP contribution >= 0.6 is 11.3 Å². The molecule has 2 aromatic rings. The van der Waals surface area contributed by atoms with Crippen molar-refractivity contribution in [3.63, 3.8) is 0 Å². The summed E-state index contributed by atoms with van der Waals surface area (Å²) in [6.45, 7) is 4.25. The third kappa shape index (κ3) is 3.17. The molecular weight excluding hydrogens is 292 g/mol. The molecule has 0 atom stereocenters. The quantitative estimate of drug-likeness (QED) is 0.815. The topological polar surface area (TPSA) is 34.4 Å². The Balaban J connectivity index is 1.88. The molecule has 1 aromatic carbocycles. The van der Waals surface area contributed by atoms with E-state index >= 15 is 0 Å². The molecular formula is C18H24N2OS. The highest BCUT2D eigenvalue weighted by atomic mass is 32.1. The lowest BCUT2D eigenvalue weighted by Crippen LogP contribution is -2.16. The zero-order valence-electron chi connectivity index (χ0n) is 13.7. The highest BCUT2D eigenvalue weighted by Crippen LogP contribution is 2.26. The fourth-order valence-corrected chi connectivity index (χ4v) is 4.39. The number of aromatic nitrogens is 1. The molecule has 1 heterocycles. The molecule has 0 unspecified atom stereocenters. The molecule has 0 N–H and O–H groups in total. The molecule has 0 saturated heterocycles. The van der Waals surface area contributed by atoms with Crippen LogP contribution in [0.2, 0.25) is 0 Å². The first kappa shape index (κ1) is 15.5. The lowest BCUT2D eigenvalue weighted by atomic mass is 9.87. The summed E-state index contributed by atoms with van der Waals surface area (Å²) in [5.41, 5.74) is 3.73. The van der Waals surface area contributed by atoms with Crippen LogP contribution in [0.15, 0.2) is 17.1 Å². The van der Waals surface area contributed by atoms with E-state index < -0.39 is 0 Å². The van der Waals surface area contributed by atoms with Crippen LogP contribution in [0.4, 0.5) is 0 Å². The molecule has 0 bridgehead atoms. The number of aryl methyl sites for hydroxylation is 3. The summed E-state index contributed by atoms with van der Waals surface area (Å²) in [5, 5.41) is 0. The van der Waals surface area contributed by atoms with Crippen molar-refractivity contribution >= 4 is 27.5 Å². The van der Waals surface area contributed by atoms with Gasteiger partial charge in [-0.3, -0.25) is 4.79 Å². The molecule has 22 heavy (non-hydrogen) atoms. The Kier molecular flexibility index (Phi) is 4.48. The number of carbonyl (C=O) groups excluding carboxylic acids is 1. The highest BCUT2D eigenvalue weighted by molar-refractivity contribution is 7.16. The van der Waals surface area contributed by atoms with Gasteiger partial charge in [-0.1, -0.05) is 30.6 Å². The van der Waals surface area contributed by atoms with E-state index in [0.717, 1.165) is 10.3 Å². The normalized spacial score (nSPS) is 17.3. The van der Waals surface area contributed by atoms with Gasteiger partial charge < -0.3 is 4.57 Å². The monoisotopic (exact) mass is 316 g/mol. The maximum Gasteiger partial charge on any atom is 0.248 e. The van der Waals surface area contributed by atoms with Crippen molar-refractivity contribution in [1.82, 2.24) is 4.57 Å². The molecule has 1 aliphatic carbocycles. The van der Waals surface area contributed by atoms with Crippen molar-refractivity contribution in [3.8, 4) is 0 Å². The van der Waals surface area contributed by atoms with E-state index in [9.17, 15) is 4.79 Å². The van der Waals surface area contributed by atoms with E-state index in [1.54, 1.807) is 11.3 Å². The number of nitrogens with zero attached hydrogens (tertiary/aromatic N) is 2. The van der Waals surface area contributed by atoms with Crippen molar-refractivity contribution in [2.24, 2.45) is 18.0 Å². The molecule has 3 rings (SSSR count). The highest BCUT2D eigenvalue weighted by Gasteiger charge is 2.17. The van der Waals surface area contributed by atoms with E-state index in [4.69, 9.17) is 0 Å². The van der Waals surface area contributed by atoms with Crippen LogP contribution in [0.3, 0.4) is 0 Å². The Morgan fingerprint density at radius 1 is 1.23 bits per heavy atom. The number of amides is 1. The summed E-state index contributed by atoms with van der Waals surface area (Å²) in [6, 6.07) is 4.38. The fourth-order valence-electron chi connectivity index (χ4n) is 3.28. The lowest BCUT2D eigenvalue weighted by molar-refractivity contribution is -0.119. The number of thiazole rings is 1. The fraction of sp³-hybridized carbons (Fsp3) is 0.556. The molecule has 0 aliphatic heterocycles. The Hall–Kier alpha value is -1.42. The maximum absolute atomic E-state index is 12.3. The number of hydrogen-bond donors (Lipinski definition) is 0. The maximum atomic E-state index is 12.3. The predicted octanol–water partition coefficient (Wildman–Crippen LogP) is 4.25. The number of carbonyl (C=O) groups is 1. The first-order chi connectivity index (χ1) is 10.5. The third-order valence-electron chi connectivity index (χ3n) is 4.83. The Bertz CT molecular complexity index is 763. The number of hydrogen-bond acceptors (Lipinski definition) is 2. The van der Waals surface area contributed by atoms with E-state index in [-0.39, 0.29) is 5.91 Å². The van der Waals surface area contributed by atoms with Gasteiger partial charge in [0.1, 0.15) is 0 Å². The van der Waals surface area contributed by atoms with Gasteiger partial charge in [-0.15, -0.1) is 0 Å². The molecule has 0 radical (unpaired) electrons. The molecule has 1 saturated carbocycles. The average Bonchev–Trinajstić information content (AvgIpc) is 2.77. The van der Waals surface area contributed by atoms with Crippen LogP contribution in [0.25, 0.3) is 10.2 Å². The predicted molar refractivity (Wildman–Crippen MR) is 92.0 cm³/mol. The van der Waals surface area contributed by atoms with Gasteiger partial charge in [-0.05, 0) is 55.9 Å². The molecule has 118 valence electrons. The molecule has 1 aromatic heterocycles. The van der Waals surface area contributed by atoms with Crippen LogP contribution in [0.5, 0.6) is 0 Å². The summed E-state index contributed by atoms with van der Waals surface area (Å²) in [6.07, 6.45) is 6.87. The van der Waals surface area contributed by atoms with E-state index in [0.29, 0.717) is 12.3 Å². The molecule has 1 fully saturated rings. The minimum atomic E-state index is 0.0440. The van der Waals surface area contributed by atoms with Gasteiger partial charge >= 0.3 is 0 Å². The van der Waals surface area contributed by atoms with Crippen LogP contribution in [-0.4, -0.2) is 10.5 Å². The van der Waals surface area contributed by atoms with Crippen LogP contribution in [0.1, 0.15) is 49.7 Å². The standard InChI is InChI=1S/C18H24N2OS/c1-12-9-15-16(10-13(12)2)22-18(20(15)3)19-17(21)11-14-7-5-4-6-8-14/h9-10,14H,4-8,11H2,1-3H3. The van der Waals surface area contributed by atoms with Crippen LogP contribution < -0.4 is 4.80 Å². The van der Waals surface area contributed by atoms with Crippen molar-refractivity contribution in [2.45, 2.75) is 52.4 Å². The van der Waals surface area contributed by atoms with Crippen molar-refractivity contribution in [3.05, 3.63) is 28.1 Å². The van der Waals surface area contributed by atoms with Crippen LogP contribution in [-0.2, 0) is 11.8 Å². The van der Waals surface area contributed by atoms with Gasteiger partial charge in [-0.25, -0.2) is 0 Å². The molecule has 4 heteroatoms. The van der Waals surface area contributed by atoms with E-state index in [2.05, 4.69) is 31.0 Å². The van der Waals surface area contributed by atoms with Gasteiger partial charge in [0, 0.05) is 13.5 Å². The van der Waals surface area contributed by atoms with E-state index in [1.807, 2.05) is 11.6 Å². The van der Waals surface area contributed by atoms with Crippen LogP contribution in [0, 0.1) is 19.8 Å². The van der Waals surface area contributed by atoms with Gasteiger partial charge in [-0.2, -0.15) is 4.99 Å². The third-order valence-corrected chi connectivity index (χ3v) is 5.93. The summed E-state index contributed by atoms with van der Waals surface area (Å²) in [4.78, 5) is 17.5. The molecule has 1 amide bonds. The lowest BCUT2D eigenvalue weighted by Gasteiger charge is -2.19. The minimum absolute atomic E-state index is 0.0440. The average molecular weight is 316 g/mol. The summed E-state index contributed by atoms with van der Waals surface area (Å²) >= 11 is 1.61. The van der Waals surface area contributed by atoms with Crippen molar-refractivity contribution in [2.75, 3.05) is 0 Å². The summed E-state index contributed by atoms with van der Waals surface area (Å²) in [5.74, 6) is 0.594. The van der Waals surface area contributed by atoms with Gasteiger partial charge in [0.05, 0.1) is 10.2 Å². The van der Waals surface area contributed by atoms with Crippen molar-refractivity contribution in [1.29, 1.82) is 0 Å². The number of rotatable bonds is 2. The second-order valence-corrected chi connectivity index (χ2v) is 7.57. The SMILES string of the molecule is Cc1cc2sc(=NC(=O)CC3CCCCC3)n(C)c2cc1C. The Morgan fingerprint density at radius 2 is 1.91 bits per heavy atom. The summed E-state index contributed by atoms with van der Waals surface area (Å²) in [7, 11) is 2.00. The second kappa shape index (κ2) is 6.37. The molecule has 0 spiro atoms. The number of fused-ring (bicyclic) bond motifs is 1. The Labute approximate surface area is 135 Å². The number of benzene rings is 1. The van der Waals surface area contributed by atoms with E-state index in [1.165, 1.54) is 47.9 Å². The van der Waals surface area contributed by atoms with Gasteiger partial charge in [0.2, 0.25) is 5.91 Å². The smallest absolute Gasteiger partial charge is 0.248 e. The zero-order chi connectivity index (χ0) is 15.7. The van der Waals surface area contributed by atoms with Gasteiger partial charge in [0.25, 0.3) is 0 Å². The largest absolute Gasteiger partial charge is 0.319 e. The molecule has 3 nitrogen and oxygen atoms in total. The first-order valence-electron chi connectivity index (χ1n) is 8.19. The van der Waals surface area contributed by atoms with Gasteiger partial charge in [0.15, 0.2) is 4.80 Å². The Morgan fingerprint density at radius 3 is 2.64 bits per heavy atom. The summed E-state index contributed by atoms with van der Waals surface area (Å²) < 4.78 is 3.25. The minimum Gasteiger partial charge on any atom is -0.319 e. The first-order valence-corrected chi connectivity index (χ1v) is 9.00. The second-order valence-electron chi connectivity index (χ2n) is 6.56. The van der Waals surface area contributed by atoms with Crippen molar-refractivity contribution < 1.29 is 4.79 Å².